The number of thiocarbonyl (C=S) groups is 1. The van der Waals surface area contributed by atoms with Crippen LogP contribution in [0.25, 0.3) is 0 Å². The molecule has 5 rings (SSSR count). The predicted molar refractivity (Wildman–Crippen MR) is 214 cm³/mol. The summed E-state index contributed by atoms with van der Waals surface area (Å²) in [5.41, 5.74) is 14.0. The van der Waals surface area contributed by atoms with Crippen molar-refractivity contribution in [2.45, 2.75) is 61.3 Å². The molecule has 0 atom stereocenters. The van der Waals surface area contributed by atoms with Crippen LogP contribution < -0.4 is 11.2 Å². The van der Waals surface area contributed by atoms with Gasteiger partial charge in [-0.25, -0.2) is 0 Å². The lowest BCUT2D eigenvalue weighted by molar-refractivity contribution is 0.100. The van der Waals surface area contributed by atoms with Gasteiger partial charge in [0.15, 0.2) is 16.7 Å². The first-order valence-corrected chi connectivity index (χ1v) is 16.9. The zero-order valence-electron chi connectivity index (χ0n) is 30.1. The summed E-state index contributed by atoms with van der Waals surface area (Å²) in [5, 5.41) is 4.17. The summed E-state index contributed by atoms with van der Waals surface area (Å²) in [6, 6.07) is 49.2. The molecule has 0 fully saturated rings. The minimum atomic E-state index is 0.121. The van der Waals surface area contributed by atoms with Crippen LogP contribution in [-0.4, -0.2) is 22.4 Å². The third-order valence-electron chi connectivity index (χ3n) is 6.39. The van der Waals surface area contributed by atoms with Crippen LogP contribution in [0.4, 0.5) is 0 Å². The van der Waals surface area contributed by atoms with Crippen molar-refractivity contribution in [1.29, 1.82) is 0 Å². The molecule has 258 valence electrons. The summed E-state index contributed by atoms with van der Waals surface area (Å²) in [6.45, 7) is 13.3. The molecular weight excluding hydrogens is 623 g/mol. The quantitative estimate of drug-likeness (QED) is 0.0810. The average molecular weight is 676 g/mol. The summed E-state index contributed by atoms with van der Waals surface area (Å²) >= 11 is 4.62. The Morgan fingerprint density at radius 1 is 0.531 bits per heavy atom. The third-order valence-corrected chi connectivity index (χ3v) is 6.48. The van der Waals surface area contributed by atoms with E-state index in [0.717, 1.165) is 35.2 Å². The normalized spacial score (nSPS) is 9.33. The SMILES string of the molecule is C/C(=N\NC(N)=S)c1ccccc1.CC.CC(=O)c1ccccc1.CC(=O)c1ccccc1.CCc1ccccc1.CCc1ccccc1. The summed E-state index contributed by atoms with van der Waals surface area (Å²) in [5.74, 6) is 0.242. The van der Waals surface area contributed by atoms with E-state index in [-0.39, 0.29) is 16.7 Å². The number of nitrogens with two attached hydrogens (primary N) is 1. The molecule has 5 aromatic rings. The fourth-order valence-electron chi connectivity index (χ4n) is 3.66. The number of Topliss-reactive ketones (excluding diaryl/α,β-unsaturated/α-hetero) is 2. The molecule has 0 spiro atoms. The van der Waals surface area contributed by atoms with Gasteiger partial charge in [-0.1, -0.05) is 179 Å². The number of carbonyl (C=O) groups excluding carboxylic acids is 2. The number of carbonyl (C=O) groups is 2. The summed E-state index contributed by atoms with van der Waals surface area (Å²) < 4.78 is 0. The first-order valence-electron chi connectivity index (χ1n) is 16.5. The molecule has 0 radical (unpaired) electrons. The zero-order chi connectivity index (χ0) is 36.7. The second-order valence-corrected chi connectivity index (χ2v) is 10.5. The van der Waals surface area contributed by atoms with Crippen molar-refractivity contribution in [1.82, 2.24) is 5.43 Å². The minimum absolute atomic E-state index is 0.121. The van der Waals surface area contributed by atoms with Crippen molar-refractivity contribution >= 4 is 34.6 Å². The number of nitrogens with one attached hydrogen (secondary N) is 1. The number of nitrogens with zero attached hydrogens (tertiary/aromatic N) is 1. The van der Waals surface area contributed by atoms with Crippen molar-refractivity contribution in [2.24, 2.45) is 10.8 Å². The highest BCUT2D eigenvalue weighted by atomic mass is 32.1. The van der Waals surface area contributed by atoms with E-state index in [9.17, 15) is 9.59 Å². The Bertz CT molecular complexity index is 1490. The van der Waals surface area contributed by atoms with Crippen molar-refractivity contribution < 1.29 is 9.59 Å². The number of hydrogen-bond acceptors (Lipinski definition) is 4. The molecule has 0 saturated heterocycles. The maximum atomic E-state index is 10.6. The number of aryl methyl sites for hydroxylation is 2. The number of ketones is 2. The van der Waals surface area contributed by atoms with Gasteiger partial charge in [-0.05, 0) is 62.5 Å². The Labute approximate surface area is 300 Å². The van der Waals surface area contributed by atoms with Gasteiger partial charge in [0.05, 0.1) is 5.71 Å². The highest BCUT2D eigenvalue weighted by Gasteiger charge is 1.95. The van der Waals surface area contributed by atoms with E-state index in [1.165, 1.54) is 11.1 Å². The molecule has 0 bridgehead atoms. The van der Waals surface area contributed by atoms with Gasteiger partial charge in [0.2, 0.25) is 0 Å². The van der Waals surface area contributed by atoms with E-state index >= 15 is 0 Å². The van der Waals surface area contributed by atoms with Crippen LogP contribution >= 0.6 is 12.2 Å². The highest BCUT2D eigenvalue weighted by Crippen LogP contribution is 2.01. The molecule has 49 heavy (non-hydrogen) atoms. The topological polar surface area (TPSA) is 84.5 Å². The molecule has 0 heterocycles. The average Bonchev–Trinajstić information content (AvgIpc) is 3.17. The largest absolute Gasteiger partial charge is 0.375 e. The van der Waals surface area contributed by atoms with E-state index in [4.69, 9.17) is 5.73 Å². The summed E-state index contributed by atoms with van der Waals surface area (Å²) in [7, 11) is 0. The van der Waals surface area contributed by atoms with E-state index in [1.54, 1.807) is 13.8 Å². The molecule has 6 heteroatoms. The number of benzene rings is 5. The van der Waals surface area contributed by atoms with Gasteiger partial charge in [-0.2, -0.15) is 5.10 Å². The predicted octanol–water partition coefficient (Wildman–Crippen LogP) is 10.5. The summed E-state index contributed by atoms with van der Waals surface area (Å²) in [6.07, 6.45) is 2.28. The van der Waals surface area contributed by atoms with Crippen LogP contribution in [-0.2, 0) is 12.8 Å². The van der Waals surface area contributed by atoms with Crippen molar-refractivity contribution in [3.63, 3.8) is 0 Å². The van der Waals surface area contributed by atoms with Crippen LogP contribution in [0.1, 0.15) is 85.9 Å². The van der Waals surface area contributed by atoms with Gasteiger partial charge in [0.25, 0.3) is 0 Å². The first kappa shape index (κ1) is 43.8. The minimum Gasteiger partial charge on any atom is -0.375 e. The van der Waals surface area contributed by atoms with Gasteiger partial charge in [0, 0.05) is 11.1 Å². The molecule has 0 unspecified atom stereocenters. The molecule has 0 amide bonds. The van der Waals surface area contributed by atoms with Crippen LogP contribution in [0.3, 0.4) is 0 Å². The van der Waals surface area contributed by atoms with Crippen LogP contribution in [0, 0.1) is 0 Å². The molecule has 0 saturated carbocycles. The second-order valence-electron chi connectivity index (χ2n) is 10.1. The Balaban J connectivity index is 0.000000587. The monoisotopic (exact) mass is 675 g/mol. The van der Waals surface area contributed by atoms with Crippen LogP contribution in [0.5, 0.6) is 0 Å². The molecule has 0 aliphatic rings. The zero-order valence-corrected chi connectivity index (χ0v) is 30.9. The number of rotatable bonds is 6. The molecule has 5 aromatic carbocycles. The Hall–Kier alpha value is -5.20. The number of hydrazone groups is 1. The Kier molecular flexibility index (Phi) is 25.9. The first-order chi connectivity index (χ1) is 23.7. The van der Waals surface area contributed by atoms with E-state index < -0.39 is 0 Å². The van der Waals surface area contributed by atoms with E-state index in [1.807, 2.05) is 124 Å². The molecular formula is C43H53N3O2S. The molecule has 0 aliphatic carbocycles. The van der Waals surface area contributed by atoms with Gasteiger partial charge in [0.1, 0.15) is 0 Å². The fraction of sp³-hybridized carbons (Fsp3) is 0.209. The molecule has 3 N–H and O–H groups in total. The Morgan fingerprint density at radius 3 is 1.00 bits per heavy atom. The lowest BCUT2D eigenvalue weighted by Gasteiger charge is -2.00. The molecule has 0 aliphatic heterocycles. The lowest BCUT2D eigenvalue weighted by atomic mass is 10.1. The van der Waals surface area contributed by atoms with Crippen LogP contribution in [0.2, 0.25) is 0 Å². The molecule has 0 aromatic heterocycles. The van der Waals surface area contributed by atoms with E-state index in [0.29, 0.717) is 0 Å². The standard InChI is InChI=1S/C9H11N3S.2C8H8O.2C8H10.C2H6/c1-7(11-12-9(10)13)8-5-3-2-4-6-8;2*1-7(9)8-5-3-2-4-6-8;2*1-2-8-6-4-3-5-7-8;1-2/h2-6H,1H3,(H3,10,12,13);2*2-6H,1H3;2*3-7H,2H2,1H3;1-2H3/b11-7+;;;;;. The Morgan fingerprint density at radius 2 is 0.796 bits per heavy atom. The molecule has 5 nitrogen and oxygen atoms in total. The second kappa shape index (κ2) is 29.0. The number of hydrogen-bond donors (Lipinski definition) is 2. The van der Waals surface area contributed by atoms with E-state index in [2.05, 4.69) is 85.1 Å². The summed E-state index contributed by atoms with van der Waals surface area (Å²) in [4.78, 5) is 21.3. The van der Waals surface area contributed by atoms with Gasteiger partial charge >= 0.3 is 0 Å². The van der Waals surface area contributed by atoms with Gasteiger partial charge < -0.3 is 5.73 Å². The maximum absolute atomic E-state index is 10.6. The van der Waals surface area contributed by atoms with Crippen molar-refractivity contribution in [2.75, 3.05) is 0 Å². The smallest absolute Gasteiger partial charge is 0.184 e. The highest BCUT2D eigenvalue weighted by molar-refractivity contribution is 7.80. The van der Waals surface area contributed by atoms with Gasteiger partial charge in [-0.15, -0.1) is 0 Å². The maximum Gasteiger partial charge on any atom is 0.184 e. The van der Waals surface area contributed by atoms with Crippen molar-refractivity contribution in [3.8, 4) is 0 Å². The van der Waals surface area contributed by atoms with Crippen molar-refractivity contribution in [3.05, 3.63) is 179 Å². The van der Waals surface area contributed by atoms with Crippen LogP contribution in [0.15, 0.2) is 157 Å². The fourth-order valence-corrected chi connectivity index (χ4v) is 3.70. The third kappa shape index (κ3) is 22.9. The lowest BCUT2D eigenvalue weighted by Crippen LogP contribution is -2.25. The van der Waals surface area contributed by atoms with Gasteiger partial charge in [-0.3, -0.25) is 15.0 Å².